The molecular weight excluding hydrogens is 158 g/mol. The van der Waals surface area contributed by atoms with E-state index in [0.29, 0.717) is 6.61 Å². The van der Waals surface area contributed by atoms with Crippen molar-refractivity contribution in [3.8, 4) is 0 Å². The van der Waals surface area contributed by atoms with Gasteiger partial charge in [0.2, 0.25) is 0 Å². The van der Waals surface area contributed by atoms with Gasteiger partial charge in [0, 0.05) is 30.1 Å². The molecule has 0 radical (unpaired) electrons. The third-order valence-corrected chi connectivity index (χ3v) is 3.14. The van der Waals surface area contributed by atoms with Gasteiger partial charge in [-0.1, -0.05) is 13.8 Å². The lowest BCUT2D eigenvalue weighted by Gasteiger charge is -2.33. The number of rotatable bonds is 2. The minimum Gasteiger partial charge on any atom is -0.395 e. The molecule has 0 aliphatic carbocycles. The Morgan fingerprint density at radius 2 is 1.91 bits per heavy atom. The fourth-order valence-corrected chi connectivity index (χ4v) is 3.00. The zero-order chi connectivity index (χ0) is 8.27. The molecule has 0 spiro atoms. The van der Waals surface area contributed by atoms with E-state index >= 15 is 0 Å². The van der Waals surface area contributed by atoms with Crippen LogP contribution < -0.4 is 0 Å². The van der Waals surface area contributed by atoms with Crippen molar-refractivity contribution < 1.29 is 5.11 Å². The Morgan fingerprint density at radius 1 is 1.36 bits per heavy atom. The number of hydrogen-bond donors (Lipinski definition) is 1. The molecule has 0 saturated carbocycles. The second-order valence-corrected chi connectivity index (χ2v) is 5.12. The normalized spacial score (nSPS) is 34.1. The van der Waals surface area contributed by atoms with Gasteiger partial charge in [0.05, 0.1) is 6.61 Å². The summed E-state index contributed by atoms with van der Waals surface area (Å²) in [5, 5.41) is 10.2. The van der Waals surface area contributed by atoms with Crippen molar-refractivity contribution in [2.24, 2.45) is 0 Å². The molecule has 66 valence electrons. The van der Waals surface area contributed by atoms with Crippen LogP contribution in [0.25, 0.3) is 0 Å². The van der Waals surface area contributed by atoms with Crippen LogP contribution in [0, 0.1) is 0 Å². The van der Waals surface area contributed by atoms with Gasteiger partial charge in [0.25, 0.3) is 0 Å². The van der Waals surface area contributed by atoms with Gasteiger partial charge in [-0.3, -0.25) is 4.90 Å². The van der Waals surface area contributed by atoms with Crippen molar-refractivity contribution >= 4 is 11.8 Å². The van der Waals surface area contributed by atoms with E-state index in [2.05, 4.69) is 18.7 Å². The van der Waals surface area contributed by atoms with Crippen molar-refractivity contribution in [3.05, 3.63) is 0 Å². The van der Waals surface area contributed by atoms with Gasteiger partial charge in [-0.2, -0.15) is 11.8 Å². The first kappa shape index (κ1) is 9.36. The molecule has 1 fully saturated rings. The highest BCUT2D eigenvalue weighted by Crippen LogP contribution is 2.23. The van der Waals surface area contributed by atoms with E-state index in [4.69, 9.17) is 5.11 Å². The van der Waals surface area contributed by atoms with Crippen LogP contribution in [-0.4, -0.2) is 46.7 Å². The average Bonchev–Trinajstić information content (AvgIpc) is 1.85. The lowest BCUT2D eigenvalue weighted by molar-refractivity contribution is 0.194. The Hall–Kier alpha value is 0.270. The van der Waals surface area contributed by atoms with E-state index in [0.717, 1.165) is 30.1 Å². The molecule has 1 aliphatic heterocycles. The monoisotopic (exact) mass is 175 g/mol. The third-order valence-electron chi connectivity index (χ3n) is 1.91. The van der Waals surface area contributed by atoms with E-state index in [-0.39, 0.29) is 0 Å². The maximum absolute atomic E-state index is 8.74. The van der Waals surface area contributed by atoms with Gasteiger partial charge in [-0.25, -0.2) is 0 Å². The van der Waals surface area contributed by atoms with Crippen molar-refractivity contribution in [1.29, 1.82) is 0 Å². The summed E-state index contributed by atoms with van der Waals surface area (Å²) in [6.45, 7) is 7.92. The number of thioether (sulfide) groups is 1. The molecule has 0 bridgehead atoms. The lowest BCUT2D eigenvalue weighted by atomic mass is 10.3. The molecule has 0 aromatic rings. The highest BCUT2D eigenvalue weighted by Gasteiger charge is 2.21. The van der Waals surface area contributed by atoms with Crippen molar-refractivity contribution in [1.82, 2.24) is 4.90 Å². The van der Waals surface area contributed by atoms with Crippen LogP contribution in [0.1, 0.15) is 13.8 Å². The van der Waals surface area contributed by atoms with Crippen LogP contribution in [0.3, 0.4) is 0 Å². The molecule has 0 amide bonds. The molecule has 1 N–H and O–H groups in total. The molecule has 2 nitrogen and oxygen atoms in total. The molecular formula is C8H17NOS. The molecule has 1 heterocycles. The molecule has 1 aliphatic rings. The summed E-state index contributed by atoms with van der Waals surface area (Å²) in [4.78, 5) is 2.34. The minimum atomic E-state index is 0.296. The summed E-state index contributed by atoms with van der Waals surface area (Å²) in [6, 6.07) is 0. The first-order valence-corrected chi connectivity index (χ1v) is 5.15. The first-order chi connectivity index (χ1) is 5.22. The Morgan fingerprint density at radius 3 is 2.36 bits per heavy atom. The summed E-state index contributed by atoms with van der Waals surface area (Å²) in [5.74, 6) is 0. The number of β-amino-alcohol motifs (C(OH)–C–C–N with tert-alkyl or cyclic N) is 1. The maximum atomic E-state index is 8.74. The predicted molar refractivity (Wildman–Crippen MR) is 50.0 cm³/mol. The van der Waals surface area contributed by atoms with Crippen LogP contribution in [0.4, 0.5) is 0 Å². The average molecular weight is 175 g/mol. The quantitative estimate of drug-likeness (QED) is 0.671. The predicted octanol–water partition coefficient (Wildman–Crippen LogP) is 0.804. The van der Waals surface area contributed by atoms with Crippen LogP contribution in [0.5, 0.6) is 0 Å². The molecule has 0 aromatic heterocycles. The number of hydrogen-bond acceptors (Lipinski definition) is 3. The number of nitrogens with zero attached hydrogens (tertiary/aromatic N) is 1. The van der Waals surface area contributed by atoms with E-state index in [1.807, 2.05) is 11.8 Å². The molecule has 0 aromatic carbocycles. The van der Waals surface area contributed by atoms with Gasteiger partial charge in [0.1, 0.15) is 0 Å². The summed E-state index contributed by atoms with van der Waals surface area (Å²) >= 11 is 2.05. The second kappa shape index (κ2) is 4.33. The van der Waals surface area contributed by atoms with Gasteiger partial charge >= 0.3 is 0 Å². The van der Waals surface area contributed by atoms with Gasteiger partial charge < -0.3 is 5.11 Å². The van der Waals surface area contributed by atoms with E-state index < -0.39 is 0 Å². The summed E-state index contributed by atoms with van der Waals surface area (Å²) in [5.41, 5.74) is 0. The van der Waals surface area contributed by atoms with Crippen LogP contribution in [0.2, 0.25) is 0 Å². The van der Waals surface area contributed by atoms with Gasteiger partial charge in [0.15, 0.2) is 0 Å². The lowest BCUT2D eigenvalue weighted by Crippen LogP contribution is -2.41. The first-order valence-electron chi connectivity index (χ1n) is 4.21. The smallest absolute Gasteiger partial charge is 0.0558 e. The summed E-state index contributed by atoms with van der Waals surface area (Å²) in [7, 11) is 0. The molecule has 3 heteroatoms. The third kappa shape index (κ3) is 3.01. The van der Waals surface area contributed by atoms with Crippen LogP contribution in [-0.2, 0) is 0 Å². The standard InChI is InChI=1S/C8H17NOS/c1-7-5-9(3-4-10)6-8(2)11-7/h7-8,10H,3-6H2,1-2H3. The maximum Gasteiger partial charge on any atom is 0.0558 e. The zero-order valence-electron chi connectivity index (χ0n) is 7.29. The second-order valence-electron chi connectivity index (χ2n) is 3.24. The summed E-state index contributed by atoms with van der Waals surface area (Å²) in [6.07, 6.45) is 0. The molecule has 11 heavy (non-hydrogen) atoms. The Labute approximate surface area is 73.0 Å². The van der Waals surface area contributed by atoms with Crippen molar-refractivity contribution in [3.63, 3.8) is 0 Å². The fraction of sp³-hybridized carbons (Fsp3) is 1.00. The molecule has 1 saturated heterocycles. The number of aliphatic hydroxyl groups is 1. The highest BCUT2D eigenvalue weighted by molar-refractivity contribution is 8.00. The SMILES string of the molecule is CC1CN(CCO)CC(C)S1. The van der Waals surface area contributed by atoms with Crippen LogP contribution >= 0.6 is 11.8 Å². The van der Waals surface area contributed by atoms with Gasteiger partial charge in [-0.05, 0) is 0 Å². The largest absolute Gasteiger partial charge is 0.395 e. The topological polar surface area (TPSA) is 23.5 Å². The van der Waals surface area contributed by atoms with Crippen molar-refractivity contribution in [2.75, 3.05) is 26.2 Å². The Bertz CT molecular complexity index is 111. The Kier molecular flexibility index (Phi) is 3.69. The Balaban J connectivity index is 2.30. The van der Waals surface area contributed by atoms with Crippen molar-refractivity contribution in [2.45, 2.75) is 24.3 Å². The van der Waals surface area contributed by atoms with E-state index in [1.165, 1.54) is 0 Å². The minimum absolute atomic E-state index is 0.296. The highest BCUT2D eigenvalue weighted by atomic mass is 32.2. The van der Waals surface area contributed by atoms with E-state index in [1.54, 1.807) is 0 Å². The van der Waals surface area contributed by atoms with Crippen LogP contribution in [0.15, 0.2) is 0 Å². The molecule has 1 rings (SSSR count). The fourth-order valence-electron chi connectivity index (χ4n) is 1.61. The zero-order valence-corrected chi connectivity index (χ0v) is 8.10. The summed E-state index contributed by atoms with van der Waals surface area (Å²) < 4.78 is 0. The van der Waals surface area contributed by atoms with Gasteiger partial charge in [-0.15, -0.1) is 0 Å². The molecule has 2 unspecified atom stereocenters. The number of aliphatic hydroxyl groups excluding tert-OH is 1. The van der Waals surface area contributed by atoms with E-state index in [9.17, 15) is 0 Å². The molecule has 2 atom stereocenters.